The molecule has 1 heterocycles. The van der Waals surface area contributed by atoms with Crippen molar-refractivity contribution in [2.45, 2.75) is 4.90 Å². The highest BCUT2D eigenvalue weighted by Crippen LogP contribution is 2.43. The first kappa shape index (κ1) is 16.1. The van der Waals surface area contributed by atoms with Gasteiger partial charge in [0.1, 0.15) is 11.4 Å². The van der Waals surface area contributed by atoms with E-state index in [0.29, 0.717) is 27.9 Å². The lowest BCUT2D eigenvalue weighted by molar-refractivity contribution is 0.374. The van der Waals surface area contributed by atoms with E-state index in [0.717, 1.165) is 0 Å². The molecule has 0 unspecified atom stereocenters. The molecule has 0 saturated heterocycles. The molecule has 0 aliphatic rings. The van der Waals surface area contributed by atoms with Crippen LogP contribution in [0.5, 0.6) is 11.5 Å². The van der Waals surface area contributed by atoms with Gasteiger partial charge in [0.25, 0.3) is 0 Å². The van der Waals surface area contributed by atoms with E-state index >= 15 is 0 Å². The fourth-order valence-electron chi connectivity index (χ4n) is 2.57. The highest BCUT2D eigenvalue weighted by Gasteiger charge is 2.27. The molecule has 0 fully saturated rings. The highest BCUT2D eigenvalue weighted by molar-refractivity contribution is 7.89. The van der Waals surface area contributed by atoms with Gasteiger partial charge >= 0.3 is 0 Å². The third-order valence-electron chi connectivity index (χ3n) is 3.57. The van der Waals surface area contributed by atoms with Gasteiger partial charge in [-0.1, -0.05) is 11.2 Å². The second kappa shape index (κ2) is 5.69. The van der Waals surface area contributed by atoms with Crippen molar-refractivity contribution >= 4 is 26.7 Å². The Morgan fingerprint density at radius 2 is 1.88 bits per heavy atom. The van der Waals surface area contributed by atoms with Crippen molar-refractivity contribution in [3.8, 4) is 22.8 Å². The van der Waals surface area contributed by atoms with Crippen LogP contribution in [0.15, 0.2) is 39.8 Å². The first-order valence-corrected chi connectivity index (χ1v) is 8.35. The molecule has 0 amide bonds. The van der Waals surface area contributed by atoms with Gasteiger partial charge in [-0.2, -0.15) is 0 Å². The van der Waals surface area contributed by atoms with E-state index in [4.69, 9.17) is 24.9 Å². The monoisotopic (exact) mass is 349 g/mol. The summed E-state index contributed by atoms with van der Waals surface area (Å²) in [6.07, 6.45) is 0. The van der Waals surface area contributed by atoms with Gasteiger partial charge < -0.3 is 19.7 Å². The van der Waals surface area contributed by atoms with Crippen molar-refractivity contribution in [3.05, 3.63) is 30.3 Å². The number of primary sulfonamides is 1. The lowest BCUT2D eigenvalue weighted by Gasteiger charge is -2.14. The van der Waals surface area contributed by atoms with Crippen molar-refractivity contribution in [1.82, 2.24) is 5.16 Å². The number of aromatic nitrogens is 1. The normalized spacial score (nSPS) is 11.6. The Kier molecular flexibility index (Phi) is 3.82. The molecule has 126 valence electrons. The van der Waals surface area contributed by atoms with Gasteiger partial charge in [0, 0.05) is 11.3 Å². The summed E-state index contributed by atoms with van der Waals surface area (Å²) in [7, 11) is -1.43. The lowest BCUT2D eigenvalue weighted by Crippen LogP contribution is -2.15. The first-order valence-electron chi connectivity index (χ1n) is 6.80. The molecule has 3 aromatic rings. The van der Waals surface area contributed by atoms with Gasteiger partial charge in [-0.15, -0.1) is 0 Å². The molecule has 2 aromatic carbocycles. The van der Waals surface area contributed by atoms with Crippen LogP contribution in [0.2, 0.25) is 0 Å². The maximum Gasteiger partial charge on any atom is 0.245 e. The number of ether oxygens (including phenoxy) is 2. The Morgan fingerprint density at radius 3 is 2.50 bits per heavy atom. The minimum Gasteiger partial charge on any atom is -0.495 e. The maximum absolute atomic E-state index is 12.0. The topological polar surface area (TPSA) is 131 Å². The summed E-state index contributed by atoms with van der Waals surface area (Å²) >= 11 is 0. The fourth-order valence-corrected chi connectivity index (χ4v) is 3.45. The average Bonchev–Trinajstić information content (AvgIpc) is 2.97. The zero-order chi connectivity index (χ0) is 17.5. The molecule has 0 atom stereocenters. The van der Waals surface area contributed by atoms with Crippen molar-refractivity contribution in [2.24, 2.45) is 5.14 Å². The molecule has 0 spiro atoms. The number of hydrogen-bond acceptors (Lipinski definition) is 7. The summed E-state index contributed by atoms with van der Waals surface area (Å²) in [5.41, 5.74) is 7.65. The Balaban J connectivity index is 2.40. The van der Waals surface area contributed by atoms with E-state index < -0.39 is 10.0 Å². The van der Waals surface area contributed by atoms with E-state index in [1.54, 1.807) is 24.3 Å². The minimum absolute atomic E-state index is 0.00954. The summed E-state index contributed by atoms with van der Waals surface area (Å²) < 4.78 is 39.6. The van der Waals surface area contributed by atoms with Gasteiger partial charge in [-0.05, 0) is 24.3 Å². The minimum atomic E-state index is -4.10. The zero-order valence-corrected chi connectivity index (χ0v) is 13.8. The van der Waals surface area contributed by atoms with Crippen LogP contribution in [-0.2, 0) is 10.0 Å². The van der Waals surface area contributed by atoms with Crippen LogP contribution in [0.3, 0.4) is 0 Å². The molecule has 8 nitrogen and oxygen atoms in total. The Bertz CT molecular complexity index is 1030. The molecule has 4 N–H and O–H groups in total. The Hall–Kier alpha value is -2.78. The molecule has 9 heteroatoms. The number of fused-ring (bicyclic) bond motifs is 1. The van der Waals surface area contributed by atoms with E-state index in [9.17, 15) is 8.42 Å². The van der Waals surface area contributed by atoms with Gasteiger partial charge in [-0.25, -0.2) is 13.6 Å². The molecule has 0 radical (unpaired) electrons. The van der Waals surface area contributed by atoms with Crippen molar-refractivity contribution in [3.63, 3.8) is 0 Å². The van der Waals surface area contributed by atoms with E-state index in [1.165, 1.54) is 20.3 Å². The van der Waals surface area contributed by atoms with Gasteiger partial charge in [0.2, 0.25) is 10.0 Å². The summed E-state index contributed by atoms with van der Waals surface area (Å²) in [6.45, 7) is 0. The standard InChI is InChI=1S/C15H15N3O5S/c1-21-11-7-6-8(14(22-2)15(11)24(17,19)20)13-12-9(16)4-3-5-10(12)23-18-13/h3-7H,16H2,1-2H3,(H2,17,19,20). The molecule has 0 bridgehead atoms. The number of nitrogen functional groups attached to an aromatic ring is 1. The first-order chi connectivity index (χ1) is 11.4. The van der Waals surface area contributed by atoms with E-state index in [-0.39, 0.29) is 16.4 Å². The predicted molar refractivity (Wildman–Crippen MR) is 88.3 cm³/mol. The molecule has 1 aromatic heterocycles. The van der Waals surface area contributed by atoms with Crippen LogP contribution < -0.4 is 20.3 Å². The number of rotatable bonds is 4. The van der Waals surface area contributed by atoms with Crippen LogP contribution in [-0.4, -0.2) is 27.8 Å². The number of benzene rings is 2. The largest absolute Gasteiger partial charge is 0.495 e. The summed E-state index contributed by atoms with van der Waals surface area (Å²) in [6, 6.07) is 8.21. The van der Waals surface area contributed by atoms with Crippen molar-refractivity contribution in [1.29, 1.82) is 0 Å². The van der Waals surface area contributed by atoms with Gasteiger partial charge in [-0.3, -0.25) is 0 Å². The summed E-state index contributed by atoms with van der Waals surface area (Å²) in [4.78, 5) is -0.268. The second-order valence-corrected chi connectivity index (χ2v) is 6.47. The smallest absolute Gasteiger partial charge is 0.245 e. The third kappa shape index (κ3) is 2.43. The second-order valence-electron chi connectivity index (χ2n) is 4.97. The van der Waals surface area contributed by atoms with E-state index in [2.05, 4.69) is 5.16 Å². The van der Waals surface area contributed by atoms with Crippen molar-refractivity contribution in [2.75, 3.05) is 20.0 Å². The molecular weight excluding hydrogens is 334 g/mol. The Labute approximate surface area is 138 Å². The van der Waals surface area contributed by atoms with Crippen LogP contribution >= 0.6 is 0 Å². The summed E-state index contributed by atoms with van der Waals surface area (Å²) in [5.74, 6) is 0.0779. The van der Waals surface area contributed by atoms with Gasteiger partial charge in [0.15, 0.2) is 16.2 Å². The predicted octanol–water partition coefficient (Wildman–Crippen LogP) is 1.74. The number of nitrogens with two attached hydrogens (primary N) is 2. The maximum atomic E-state index is 12.0. The number of methoxy groups -OCH3 is 2. The fraction of sp³-hybridized carbons (Fsp3) is 0.133. The van der Waals surface area contributed by atoms with Crippen LogP contribution in [0.1, 0.15) is 0 Å². The molecular formula is C15H15N3O5S. The lowest BCUT2D eigenvalue weighted by atomic mass is 10.1. The molecule has 0 saturated carbocycles. The number of hydrogen-bond donors (Lipinski definition) is 2. The molecule has 0 aliphatic heterocycles. The van der Waals surface area contributed by atoms with Crippen molar-refractivity contribution < 1.29 is 22.4 Å². The number of anilines is 1. The third-order valence-corrected chi connectivity index (χ3v) is 4.53. The Morgan fingerprint density at radius 1 is 1.12 bits per heavy atom. The number of nitrogens with zero attached hydrogens (tertiary/aromatic N) is 1. The molecule has 3 rings (SSSR count). The van der Waals surface area contributed by atoms with Crippen LogP contribution in [0, 0.1) is 0 Å². The SMILES string of the molecule is COc1ccc(-c2noc3cccc(N)c23)c(OC)c1S(N)(=O)=O. The summed E-state index contributed by atoms with van der Waals surface area (Å²) in [5, 5.41) is 9.88. The number of sulfonamides is 1. The highest BCUT2D eigenvalue weighted by atomic mass is 32.2. The quantitative estimate of drug-likeness (QED) is 0.686. The average molecular weight is 349 g/mol. The molecule has 24 heavy (non-hydrogen) atoms. The van der Waals surface area contributed by atoms with Gasteiger partial charge in [0.05, 0.1) is 19.6 Å². The van der Waals surface area contributed by atoms with Crippen LogP contribution in [0.25, 0.3) is 22.2 Å². The zero-order valence-electron chi connectivity index (χ0n) is 12.9. The molecule has 0 aliphatic carbocycles. The van der Waals surface area contributed by atoms with Crippen LogP contribution in [0.4, 0.5) is 5.69 Å². The van der Waals surface area contributed by atoms with E-state index in [1.807, 2.05) is 0 Å².